The van der Waals surface area contributed by atoms with Crippen LogP contribution in [0.15, 0.2) is 24.3 Å². The zero-order valence-electron chi connectivity index (χ0n) is 14.5. The maximum absolute atomic E-state index is 12.8. The molecule has 3 aliphatic rings. The van der Waals surface area contributed by atoms with Gasteiger partial charge >= 0.3 is 5.97 Å². The molecule has 3 aliphatic heterocycles. The first-order valence-electron chi connectivity index (χ1n) is 9.15. The number of piperidine rings is 1. The van der Waals surface area contributed by atoms with Crippen LogP contribution in [0.2, 0.25) is 0 Å². The molecule has 2 unspecified atom stereocenters. The predicted molar refractivity (Wildman–Crippen MR) is 91.1 cm³/mol. The molecule has 7 heteroatoms. The molecule has 2 fully saturated rings. The van der Waals surface area contributed by atoms with Crippen LogP contribution in [0.3, 0.4) is 0 Å². The third kappa shape index (κ3) is 3.23. The van der Waals surface area contributed by atoms with E-state index >= 15 is 0 Å². The lowest BCUT2D eigenvalue weighted by Gasteiger charge is -2.37. The van der Waals surface area contributed by atoms with Crippen LogP contribution >= 0.6 is 0 Å². The lowest BCUT2D eigenvalue weighted by molar-refractivity contribution is -0.147. The Morgan fingerprint density at radius 3 is 2.54 bits per heavy atom. The minimum absolute atomic E-state index is 0.0694. The number of fused-ring (bicyclic) bond motifs is 1. The van der Waals surface area contributed by atoms with Crippen molar-refractivity contribution in [2.75, 3.05) is 26.3 Å². The Bertz CT molecular complexity index is 684. The van der Waals surface area contributed by atoms with E-state index in [4.69, 9.17) is 14.2 Å². The first kappa shape index (κ1) is 17.1. The van der Waals surface area contributed by atoms with E-state index < -0.39 is 18.0 Å². The van der Waals surface area contributed by atoms with Crippen LogP contribution in [0.4, 0.5) is 0 Å². The number of likely N-dealkylation sites (tertiary alicyclic amines) is 1. The van der Waals surface area contributed by atoms with E-state index in [9.17, 15) is 14.7 Å². The third-order valence-corrected chi connectivity index (χ3v) is 5.55. The van der Waals surface area contributed by atoms with E-state index in [-0.39, 0.29) is 24.5 Å². The summed E-state index contributed by atoms with van der Waals surface area (Å²) in [7, 11) is 0. The quantitative estimate of drug-likeness (QED) is 0.879. The summed E-state index contributed by atoms with van der Waals surface area (Å²) in [5.74, 6) is 0.169. The average molecular weight is 361 g/mol. The largest absolute Gasteiger partial charge is 0.485 e. The monoisotopic (exact) mass is 361 g/mol. The van der Waals surface area contributed by atoms with Gasteiger partial charge in [-0.3, -0.25) is 9.59 Å². The van der Waals surface area contributed by atoms with Crippen molar-refractivity contribution in [3.8, 4) is 11.5 Å². The van der Waals surface area contributed by atoms with Crippen LogP contribution in [0.5, 0.6) is 11.5 Å². The minimum atomic E-state index is -0.780. The number of carbonyl (C=O) groups excluding carboxylic acids is 1. The van der Waals surface area contributed by atoms with Crippen molar-refractivity contribution in [3.05, 3.63) is 24.3 Å². The molecule has 2 saturated heterocycles. The van der Waals surface area contributed by atoms with Crippen molar-refractivity contribution in [2.24, 2.45) is 11.8 Å². The van der Waals surface area contributed by atoms with Crippen molar-refractivity contribution in [2.45, 2.75) is 31.5 Å². The van der Waals surface area contributed by atoms with Gasteiger partial charge in [-0.1, -0.05) is 12.1 Å². The van der Waals surface area contributed by atoms with Crippen LogP contribution < -0.4 is 9.47 Å². The summed E-state index contributed by atoms with van der Waals surface area (Å²) in [6.07, 6.45) is 1.22. The highest BCUT2D eigenvalue weighted by Crippen LogP contribution is 2.34. The van der Waals surface area contributed by atoms with Crippen LogP contribution in [0, 0.1) is 11.8 Å². The number of carboxylic acids is 1. The Morgan fingerprint density at radius 1 is 1.08 bits per heavy atom. The molecule has 0 aromatic heterocycles. The van der Waals surface area contributed by atoms with Crippen molar-refractivity contribution >= 4 is 11.9 Å². The number of carboxylic acid groups (broad SMARTS) is 1. The Morgan fingerprint density at radius 2 is 1.81 bits per heavy atom. The summed E-state index contributed by atoms with van der Waals surface area (Å²) < 4.78 is 17.1. The number of carbonyl (C=O) groups is 2. The number of nitrogens with zero attached hydrogens (tertiary/aromatic N) is 1. The fraction of sp³-hybridized carbons (Fsp3) is 0.579. The Balaban J connectivity index is 1.34. The second kappa shape index (κ2) is 7.15. The van der Waals surface area contributed by atoms with Gasteiger partial charge in [0.15, 0.2) is 11.5 Å². The number of hydrogen-bond donors (Lipinski definition) is 1. The maximum atomic E-state index is 12.8. The first-order chi connectivity index (χ1) is 12.6. The second-order valence-electron chi connectivity index (χ2n) is 7.10. The van der Waals surface area contributed by atoms with Crippen molar-refractivity contribution in [1.82, 2.24) is 4.90 Å². The summed E-state index contributed by atoms with van der Waals surface area (Å²) >= 11 is 0. The molecule has 0 aliphatic carbocycles. The molecule has 0 bridgehead atoms. The molecule has 1 amide bonds. The maximum Gasteiger partial charge on any atom is 0.309 e. The summed E-state index contributed by atoms with van der Waals surface area (Å²) in [5.41, 5.74) is 0. The molecule has 0 radical (unpaired) electrons. The summed E-state index contributed by atoms with van der Waals surface area (Å²) in [5, 5.41) is 9.33. The predicted octanol–water partition coefficient (Wildman–Crippen LogP) is 1.55. The molecule has 26 heavy (non-hydrogen) atoms. The van der Waals surface area contributed by atoms with Gasteiger partial charge in [0.05, 0.1) is 12.0 Å². The molecule has 4 rings (SSSR count). The van der Waals surface area contributed by atoms with Gasteiger partial charge in [-0.05, 0) is 37.3 Å². The van der Waals surface area contributed by atoms with E-state index in [1.807, 2.05) is 18.2 Å². The van der Waals surface area contributed by atoms with Gasteiger partial charge in [-0.25, -0.2) is 0 Å². The van der Waals surface area contributed by atoms with Gasteiger partial charge in [0.1, 0.15) is 6.61 Å². The molecule has 7 nitrogen and oxygen atoms in total. The van der Waals surface area contributed by atoms with E-state index in [1.54, 1.807) is 11.0 Å². The number of amides is 1. The second-order valence-corrected chi connectivity index (χ2v) is 7.10. The van der Waals surface area contributed by atoms with Gasteiger partial charge in [-0.2, -0.15) is 0 Å². The van der Waals surface area contributed by atoms with Gasteiger partial charge < -0.3 is 24.2 Å². The summed E-state index contributed by atoms with van der Waals surface area (Å²) in [6, 6.07) is 7.33. The van der Waals surface area contributed by atoms with Crippen LogP contribution in [-0.2, 0) is 14.3 Å². The minimum Gasteiger partial charge on any atom is -0.485 e. The highest BCUT2D eigenvalue weighted by atomic mass is 16.6. The first-order valence-corrected chi connectivity index (χ1v) is 9.15. The Hall–Kier alpha value is -2.28. The fourth-order valence-corrected chi connectivity index (χ4v) is 4.13. The number of benzene rings is 1. The standard InChI is InChI=1S/C19H23NO6/c21-18(16-11-25-14-3-1-2-4-15(14)26-16)20-8-5-12(6-9-20)17-13(19(22)23)7-10-24-17/h1-4,12-13,16-17H,5-11H2,(H,22,23)/t13?,16?,17-/m0/s1. The number of ether oxygens (including phenoxy) is 3. The zero-order chi connectivity index (χ0) is 18.1. The lowest BCUT2D eigenvalue weighted by atomic mass is 9.84. The molecule has 140 valence electrons. The summed E-state index contributed by atoms with van der Waals surface area (Å²) in [6.45, 7) is 1.91. The Labute approximate surface area is 151 Å². The molecule has 1 aromatic carbocycles. The molecule has 0 spiro atoms. The molecule has 1 N–H and O–H groups in total. The smallest absolute Gasteiger partial charge is 0.309 e. The Kier molecular flexibility index (Phi) is 4.72. The molecular weight excluding hydrogens is 338 g/mol. The third-order valence-electron chi connectivity index (χ3n) is 5.55. The van der Waals surface area contributed by atoms with E-state index in [0.29, 0.717) is 37.6 Å². The molecule has 3 atom stereocenters. The number of para-hydroxylation sites is 2. The molecular formula is C19H23NO6. The van der Waals surface area contributed by atoms with Crippen LogP contribution in [0.1, 0.15) is 19.3 Å². The van der Waals surface area contributed by atoms with Gasteiger partial charge in [0, 0.05) is 19.7 Å². The number of hydrogen-bond acceptors (Lipinski definition) is 5. The van der Waals surface area contributed by atoms with Gasteiger partial charge in [-0.15, -0.1) is 0 Å². The van der Waals surface area contributed by atoms with Crippen molar-refractivity contribution in [3.63, 3.8) is 0 Å². The van der Waals surface area contributed by atoms with Gasteiger partial charge in [0.25, 0.3) is 5.91 Å². The van der Waals surface area contributed by atoms with E-state index in [2.05, 4.69) is 0 Å². The van der Waals surface area contributed by atoms with E-state index in [1.165, 1.54) is 0 Å². The fourth-order valence-electron chi connectivity index (χ4n) is 4.13. The van der Waals surface area contributed by atoms with Crippen molar-refractivity contribution < 1.29 is 28.9 Å². The SMILES string of the molecule is O=C(O)C1CCO[C@H]1C1CCN(C(=O)C2COc3ccccc3O2)CC1. The van der Waals surface area contributed by atoms with E-state index in [0.717, 1.165) is 12.8 Å². The van der Waals surface area contributed by atoms with Crippen LogP contribution in [0.25, 0.3) is 0 Å². The normalized spacial score (nSPS) is 28.8. The number of aliphatic carboxylic acids is 1. The summed E-state index contributed by atoms with van der Waals surface area (Å²) in [4.78, 5) is 25.9. The zero-order valence-corrected chi connectivity index (χ0v) is 14.5. The highest BCUT2D eigenvalue weighted by molar-refractivity contribution is 5.82. The van der Waals surface area contributed by atoms with Crippen LogP contribution in [-0.4, -0.2) is 60.4 Å². The topological polar surface area (TPSA) is 85.3 Å². The molecule has 0 saturated carbocycles. The van der Waals surface area contributed by atoms with Crippen molar-refractivity contribution in [1.29, 1.82) is 0 Å². The number of rotatable bonds is 3. The average Bonchev–Trinajstić information content (AvgIpc) is 3.17. The molecule has 3 heterocycles. The highest BCUT2D eigenvalue weighted by Gasteiger charge is 2.41. The van der Waals surface area contributed by atoms with Gasteiger partial charge in [0.2, 0.25) is 6.10 Å². The molecule has 1 aromatic rings. The lowest BCUT2D eigenvalue weighted by Crippen LogP contribution is -2.50.